The molecule has 3 saturated carbocycles. The fourth-order valence-corrected chi connectivity index (χ4v) is 6.72. The highest BCUT2D eigenvalue weighted by Gasteiger charge is 2.66. The summed E-state index contributed by atoms with van der Waals surface area (Å²) in [4.78, 5) is 11.5. The molecule has 3 fully saturated rings. The van der Waals surface area contributed by atoms with Gasteiger partial charge in [-0.15, -0.1) is 0 Å². The van der Waals surface area contributed by atoms with Gasteiger partial charge in [0.1, 0.15) is 0 Å². The number of ether oxygens (including phenoxy) is 1. The molecule has 0 saturated heterocycles. The molecule has 5 atom stereocenters. The van der Waals surface area contributed by atoms with Gasteiger partial charge in [0.2, 0.25) is 0 Å². The molecule has 0 amide bonds. The number of carbonyl (C=O) groups excluding carboxylic acids is 1. The summed E-state index contributed by atoms with van der Waals surface area (Å²) < 4.78 is 6.30. The van der Waals surface area contributed by atoms with Crippen molar-refractivity contribution >= 4 is 28.6 Å². The fourth-order valence-electron chi connectivity index (χ4n) is 5.26. The minimum absolute atomic E-state index is 0.170. The Balaban J connectivity index is 1.70. The van der Waals surface area contributed by atoms with Gasteiger partial charge in [-0.05, 0) is 61.7 Å². The zero-order valence-electron chi connectivity index (χ0n) is 11.6. The normalized spacial score (nSPS) is 43.9. The van der Waals surface area contributed by atoms with Gasteiger partial charge in [-0.2, -0.15) is 0 Å². The van der Waals surface area contributed by atoms with Gasteiger partial charge in [0.25, 0.3) is 0 Å². The zero-order chi connectivity index (χ0) is 13.5. The second-order valence-corrected chi connectivity index (χ2v) is 7.17. The first-order chi connectivity index (χ1) is 9.23. The Morgan fingerprint density at radius 3 is 3.00 bits per heavy atom. The average molecular weight is 374 g/mol. The van der Waals surface area contributed by atoms with E-state index in [4.69, 9.17) is 4.74 Å². The van der Waals surface area contributed by atoms with Crippen molar-refractivity contribution in [2.24, 2.45) is 29.1 Å². The molecular formula is C16H23IO2. The summed E-state index contributed by atoms with van der Waals surface area (Å²) in [7, 11) is 0. The lowest BCUT2D eigenvalue weighted by atomic mass is 9.48. The largest absolute Gasteiger partial charge is 0.463 e. The van der Waals surface area contributed by atoms with E-state index in [0.717, 1.165) is 17.8 Å². The third-order valence-corrected chi connectivity index (χ3v) is 7.27. The minimum atomic E-state index is -0.170. The molecule has 0 heterocycles. The topological polar surface area (TPSA) is 26.3 Å². The summed E-state index contributed by atoms with van der Waals surface area (Å²) in [5, 5.41) is 0. The summed E-state index contributed by atoms with van der Waals surface area (Å²) in [6.07, 6.45) is 10.8. The molecule has 0 N–H and O–H groups in total. The van der Waals surface area contributed by atoms with Crippen LogP contribution in [-0.4, -0.2) is 17.0 Å². The molecule has 0 radical (unpaired) electrons. The smallest absolute Gasteiger partial charge is 0.330 e. The van der Waals surface area contributed by atoms with E-state index in [1.165, 1.54) is 36.5 Å². The Morgan fingerprint density at radius 2 is 2.26 bits per heavy atom. The number of halogens is 1. The van der Waals surface area contributed by atoms with E-state index in [0.29, 0.717) is 17.9 Å². The third-order valence-electron chi connectivity index (χ3n) is 5.85. The molecule has 3 rings (SSSR count). The van der Waals surface area contributed by atoms with E-state index < -0.39 is 0 Å². The lowest BCUT2D eigenvalue weighted by Crippen LogP contribution is -2.54. The van der Waals surface area contributed by atoms with Gasteiger partial charge < -0.3 is 4.74 Å². The molecule has 0 aliphatic heterocycles. The van der Waals surface area contributed by atoms with Crippen LogP contribution in [-0.2, 0) is 9.53 Å². The lowest BCUT2D eigenvalue weighted by Gasteiger charge is -2.57. The summed E-state index contributed by atoms with van der Waals surface area (Å²) in [5.74, 6) is 3.25. The molecular weight excluding hydrogens is 351 g/mol. The molecule has 0 unspecified atom stereocenters. The van der Waals surface area contributed by atoms with Crippen molar-refractivity contribution < 1.29 is 9.53 Å². The van der Waals surface area contributed by atoms with Gasteiger partial charge in [-0.3, -0.25) is 0 Å². The van der Waals surface area contributed by atoms with Gasteiger partial charge in [-0.1, -0.05) is 35.1 Å². The summed E-state index contributed by atoms with van der Waals surface area (Å²) >= 11 is 2.60. The number of hydrogen-bond donors (Lipinski definition) is 0. The SMILES string of the molecule is CCOC(=O)/C=C/[C@H]1CC[C@]2(CI)[C@H]1[C@H]1CCC[C@H]12. The highest BCUT2D eigenvalue weighted by Crippen LogP contribution is 2.72. The van der Waals surface area contributed by atoms with Crippen molar-refractivity contribution in [3.05, 3.63) is 12.2 Å². The van der Waals surface area contributed by atoms with Gasteiger partial charge >= 0.3 is 5.97 Å². The van der Waals surface area contributed by atoms with Crippen LogP contribution >= 0.6 is 22.6 Å². The molecule has 0 aromatic rings. The highest BCUT2D eigenvalue weighted by molar-refractivity contribution is 14.1. The van der Waals surface area contributed by atoms with Crippen LogP contribution in [0, 0.1) is 29.1 Å². The standard InChI is InChI=1S/C16H23IO2/c1-2-19-14(18)7-6-11-8-9-16(10-17)13-5-3-4-12(13)15(11)16/h6-7,11-13,15H,2-5,8-10H2,1H3/b7-6+/t11-,12-,13+,15+,16+/m0/s1. The van der Waals surface area contributed by atoms with Crippen LogP contribution in [0.2, 0.25) is 0 Å². The molecule has 106 valence electrons. The number of esters is 1. The zero-order valence-corrected chi connectivity index (χ0v) is 13.8. The van der Waals surface area contributed by atoms with Crippen molar-refractivity contribution in [2.45, 2.75) is 39.0 Å². The Labute approximate surface area is 129 Å². The van der Waals surface area contributed by atoms with Crippen LogP contribution in [0.4, 0.5) is 0 Å². The van der Waals surface area contributed by atoms with Crippen LogP contribution in [0.5, 0.6) is 0 Å². The first kappa shape index (κ1) is 13.9. The summed E-state index contributed by atoms with van der Waals surface area (Å²) in [5.41, 5.74) is 0.616. The number of alkyl halides is 1. The first-order valence-electron chi connectivity index (χ1n) is 7.64. The van der Waals surface area contributed by atoms with E-state index in [2.05, 4.69) is 28.7 Å². The molecule has 3 aliphatic rings. The third kappa shape index (κ3) is 2.07. The van der Waals surface area contributed by atoms with Gasteiger partial charge in [0.15, 0.2) is 0 Å². The van der Waals surface area contributed by atoms with Crippen LogP contribution in [0.15, 0.2) is 12.2 Å². The van der Waals surface area contributed by atoms with E-state index >= 15 is 0 Å². The lowest BCUT2D eigenvalue weighted by molar-refractivity contribution is -0.137. The van der Waals surface area contributed by atoms with E-state index in [9.17, 15) is 4.79 Å². The fraction of sp³-hybridized carbons (Fsp3) is 0.812. The monoisotopic (exact) mass is 374 g/mol. The minimum Gasteiger partial charge on any atom is -0.463 e. The molecule has 0 bridgehead atoms. The maximum Gasteiger partial charge on any atom is 0.330 e. The number of allylic oxidation sites excluding steroid dienone is 1. The Bertz CT molecular complexity index is 392. The number of fused-ring (bicyclic) bond motifs is 4. The Morgan fingerprint density at radius 1 is 1.42 bits per heavy atom. The second-order valence-electron chi connectivity index (χ2n) is 6.41. The maximum atomic E-state index is 11.5. The van der Waals surface area contributed by atoms with Gasteiger partial charge in [0, 0.05) is 10.5 Å². The Hall–Kier alpha value is -0.0600. The molecule has 3 heteroatoms. The predicted octanol–water partition coefficient (Wildman–Crippen LogP) is 3.98. The van der Waals surface area contributed by atoms with E-state index in [1.807, 2.05) is 6.92 Å². The van der Waals surface area contributed by atoms with Crippen LogP contribution in [0.1, 0.15) is 39.0 Å². The summed E-state index contributed by atoms with van der Waals surface area (Å²) in [6.45, 7) is 2.33. The highest BCUT2D eigenvalue weighted by atomic mass is 127. The average Bonchev–Trinajstić information content (AvgIpc) is 2.94. The predicted molar refractivity (Wildman–Crippen MR) is 84.1 cm³/mol. The van der Waals surface area contributed by atoms with E-state index in [-0.39, 0.29) is 5.97 Å². The molecule has 2 nitrogen and oxygen atoms in total. The molecule has 0 spiro atoms. The van der Waals surface area contributed by atoms with Crippen molar-refractivity contribution in [1.82, 2.24) is 0 Å². The van der Waals surface area contributed by atoms with Crippen molar-refractivity contribution in [2.75, 3.05) is 11.0 Å². The molecule has 0 aromatic heterocycles. The van der Waals surface area contributed by atoms with E-state index in [1.54, 1.807) is 6.08 Å². The maximum absolute atomic E-state index is 11.5. The van der Waals surface area contributed by atoms with Crippen molar-refractivity contribution in [1.29, 1.82) is 0 Å². The molecule has 3 aliphatic carbocycles. The second kappa shape index (κ2) is 5.38. The quantitative estimate of drug-likeness (QED) is 0.322. The van der Waals surface area contributed by atoms with Crippen molar-refractivity contribution in [3.8, 4) is 0 Å². The van der Waals surface area contributed by atoms with Crippen LogP contribution in [0.25, 0.3) is 0 Å². The number of hydrogen-bond acceptors (Lipinski definition) is 2. The van der Waals surface area contributed by atoms with Gasteiger partial charge in [-0.25, -0.2) is 4.79 Å². The van der Waals surface area contributed by atoms with Crippen LogP contribution < -0.4 is 0 Å². The first-order valence-corrected chi connectivity index (χ1v) is 9.16. The molecule has 19 heavy (non-hydrogen) atoms. The Kier molecular flexibility index (Phi) is 3.93. The van der Waals surface area contributed by atoms with Crippen LogP contribution in [0.3, 0.4) is 0 Å². The van der Waals surface area contributed by atoms with Gasteiger partial charge in [0.05, 0.1) is 6.61 Å². The van der Waals surface area contributed by atoms with Crippen molar-refractivity contribution in [3.63, 3.8) is 0 Å². The number of carbonyl (C=O) groups is 1. The molecule has 0 aromatic carbocycles. The number of rotatable bonds is 4. The summed E-state index contributed by atoms with van der Waals surface area (Å²) in [6, 6.07) is 0.